The zero-order valence-corrected chi connectivity index (χ0v) is 13.7. The number of hydrogen-bond donors (Lipinski definition) is 2. The molecule has 1 heterocycles. The molecule has 1 amide bonds. The normalized spacial score (nSPS) is 31.9. The molecule has 0 aromatic heterocycles. The number of Topliss-reactive ketones (excluding diaryl/α,β-unsaturated/α-hetero) is 1. The third kappa shape index (κ3) is 3.06. The van der Waals surface area contributed by atoms with Gasteiger partial charge in [0.1, 0.15) is 5.78 Å². The summed E-state index contributed by atoms with van der Waals surface area (Å²) < 4.78 is 4.85. The van der Waals surface area contributed by atoms with Crippen molar-refractivity contribution in [2.45, 2.75) is 44.1 Å². The number of amides is 1. The fraction of sp³-hybridized carbons (Fsp3) is 0.667. The van der Waals surface area contributed by atoms with Gasteiger partial charge in [-0.3, -0.25) is 9.59 Å². The molecular formula is C15H19N3O4S. The van der Waals surface area contributed by atoms with Gasteiger partial charge in [0, 0.05) is 6.42 Å². The van der Waals surface area contributed by atoms with E-state index in [1.807, 2.05) is 6.07 Å². The van der Waals surface area contributed by atoms with Crippen molar-refractivity contribution in [2.75, 3.05) is 7.11 Å². The Morgan fingerprint density at radius 3 is 2.70 bits per heavy atom. The van der Waals surface area contributed by atoms with Crippen LogP contribution in [0.4, 0.5) is 0 Å². The highest BCUT2D eigenvalue weighted by atomic mass is 32.1. The van der Waals surface area contributed by atoms with Crippen molar-refractivity contribution in [3.63, 3.8) is 0 Å². The van der Waals surface area contributed by atoms with Crippen LogP contribution in [0.5, 0.6) is 0 Å². The maximum absolute atomic E-state index is 12.6. The van der Waals surface area contributed by atoms with Gasteiger partial charge in [0.15, 0.2) is 16.6 Å². The van der Waals surface area contributed by atoms with Gasteiger partial charge in [-0.25, -0.2) is 4.79 Å². The van der Waals surface area contributed by atoms with Crippen molar-refractivity contribution >= 4 is 35.0 Å². The number of carbonyl (C=O) groups is 3. The molecule has 2 fully saturated rings. The summed E-state index contributed by atoms with van der Waals surface area (Å²) in [5, 5.41) is 14.5. The van der Waals surface area contributed by atoms with Crippen molar-refractivity contribution in [1.82, 2.24) is 10.6 Å². The summed E-state index contributed by atoms with van der Waals surface area (Å²) >= 11 is 5.00. The number of esters is 1. The molecule has 2 N–H and O–H groups in total. The van der Waals surface area contributed by atoms with Crippen molar-refractivity contribution in [3.05, 3.63) is 0 Å². The summed E-state index contributed by atoms with van der Waals surface area (Å²) in [7, 11) is 1.17. The van der Waals surface area contributed by atoms with Crippen LogP contribution in [0.1, 0.15) is 38.5 Å². The van der Waals surface area contributed by atoms with E-state index in [1.54, 1.807) is 0 Å². The van der Waals surface area contributed by atoms with Crippen molar-refractivity contribution in [3.8, 4) is 6.07 Å². The molecule has 7 nitrogen and oxygen atoms in total. The molecule has 1 aliphatic heterocycles. The van der Waals surface area contributed by atoms with Crippen LogP contribution in [0.3, 0.4) is 0 Å². The largest absolute Gasteiger partial charge is 0.467 e. The molecule has 8 heteroatoms. The standard InChI is InChI=1S/C15H19N3O4S/c1-22-13(21)15(9-6-4-2-3-5-7-11(9)19)10(8-16)12(20)17-14(23)18-15/h9-10H,2-7H2,1H3,(H2,17,18,20,23)/t9-,10-,15-/m1/s1. The summed E-state index contributed by atoms with van der Waals surface area (Å²) in [6.07, 6.45) is 4.10. The minimum absolute atomic E-state index is 0.0678. The van der Waals surface area contributed by atoms with Crippen LogP contribution in [0.2, 0.25) is 0 Å². The van der Waals surface area contributed by atoms with E-state index in [2.05, 4.69) is 10.6 Å². The Labute approximate surface area is 139 Å². The first-order valence-electron chi connectivity index (χ1n) is 7.61. The van der Waals surface area contributed by atoms with Crippen LogP contribution in [0.25, 0.3) is 0 Å². The number of hydrogen-bond acceptors (Lipinski definition) is 6. The summed E-state index contributed by atoms with van der Waals surface area (Å²) in [4.78, 5) is 37.4. The van der Waals surface area contributed by atoms with Gasteiger partial charge < -0.3 is 15.4 Å². The molecule has 0 radical (unpaired) electrons. The molecule has 23 heavy (non-hydrogen) atoms. The Hall–Kier alpha value is -2.01. The predicted molar refractivity (Wildman–Crippen MR) is 83.9 cm³/mol. The zero-order chi connectivity index (χ0) is 17.0. The Morgan fingerprint density at radius 2 is 2.04 bits per heavy atom. The number of nitriles is 1. The maximum atomic E-state index is 12.6. The minimum Gasteiger partial charge on any atom is -0.467 e. The Morgan fingerprint density at radius 1 is 1.35 bits per heavy atom. The van der Waals surface area contributed by atoms with Gasteiger partial charge in [-0.1, -0.05) is 19.3 Å². The number of ketones is 1. The summed E-state index contributed by atoms with van der Waals surface area (Å²) in [6.45, 7) is 0. The van der Waals surface area contributed by atoms with E-state index in [-0.39, 0.29) is 10.9 Å². The molecule has 1 saturated heterocycles. The van der Waals surface area contributed by atoms with Gasteiger partial charge in [0.05, 0.1) is 19.1 Å². The Balaban J connectivity index is 2.54. The monoisotopic (exact) mass is 337 g/mol. The van der Waals surface area contributed by atoms with Crippen molar-refractivity contribution in [1.29, 1.82) is 5.26 Å². The highest BCUT2D eigenvalue weighted by Gasteiger charge is 2.60. The number of thiocarbonyl (C=S) groups is 1. The lowest BCUT2D eigenvalue weighted by molar-refractivity contribution is -0.159. The first kappa shape index (κ1) is 17.3. The van der Waals surface area contributed by atoms with Crippen LogP contribution in [-0.4, -0.2) is 35.4 Å². The molecule has 0 unspecified atom stereocenters. The Kier molecular flexibility index (Phi) is 5.31. The summed E-state index contributed by atoms with van der Waals surface area (Å²) in [5.41, 5.74) is -1.75. The average Bonchev–Trinajstić information content (AvgIpc) is 2.49. The van der Waals surface area contributed by atoms with E-state index in [1.165, 1.54) is 7.11 Å². The molecule has 2 aliphatic rings. The zero-order valence-electron chi connectivity index (χ0n) is 12.9. The lowest BCUT2D eigenvalue weighted by Gasteiger charge is -2.44. The molecule has 0 bridgehead atoms. The highest BCUT2D eigenvalue weighted by Crippen LogP contribution is 2.36. The molecule has 0 aromatic rings. The number of ether oxygens (including phenoxy) is 1. The Bertz CT molecular complexity index is 586. The van der Waals surface area contributed by atoms with Crippen molar-refractivity contribution < 1.29 is 19.1 Å². The molecule has 2 rings (SSSR count). The summed E-state index contributed by atoms with van der Waals surface area (Å²) in [5.74, 6) is -3.82. The highest BCUT2D eigenvalue weighted by molar-refractivity contribution is 7.80. The topological polar surface area (TPSA) is 108 Å². The second-order valence-electron chi connectivity index (χ2n) is 5.84. The molecule has 1 saturated carbocycles. The van der Waals surface area contributed by atoms with E-state index in [4.69, 9.17) is 17.0 Å². The second-order valence-corrected chi connectivity index (χ2v) is 6.25. The van der Waals surface area contributed by atoms with Crippen LogP contribution >= 0.6 is 12.2 Å². The maximum Gasteiger partial charge on any atom is 0.334 e. The van der Waals surface area contributed by atoms with Crippen LogP contribution < -0.4 is 10.6 Å². The predicted octanol–water partition coefficient (Wildman–Crippen LogP) is 0.582. The lowest BCUT2D eigenvalue weighted by Crippen LogP contribution is -2.73. The number of rotatable bonds is 2. The average molecular weight is 337 g/mol. The van der Waals surface area contributed by atoms with Gasteiger partial charge in [0.2, 0.25) is 5.91 Å². The van der Waals surface area contributed by atoms with Crippen LogP contribution in [0, 0.1) is 23.2 Å². The van der Waals surface area contributed by atoms with Gasteiger partial charge in [-0.15, -0.1) is 0 Å². The fourth-order valence-electron chi connectivity index (χ4n) is 3.43. The number of carbonyl (C=O) groups excluding carboxylic acids is 3. The lowest BCUT2D eigenvalue weighted by atomic mass is 9.67. The molecule has 0 spiro atoms. The third-order valence-corrected chi connectivity index (χ3v) is 4.74. The number of nitrogens with one attached hydrogen (secondary N) is 2. The molecule has 124 valence electrons. The number of nitrogens with zero attached hydrogens (tertiary/aromatic N) is 1. The van der Waals surface area contributed by atoms with E-state index in [0.29, 0.717) is 12.8 Å². The van der Waals surface area contributed by atoms with Gasteiger partial charge >= 0.3 is 5.97 Å². The molecule has 1 aliphatic carbocycles. The van der Waals surface area contributed by atoms with E-state index in [9.17, 15) is 19.6 Å². The smallest absolute Gasteiger partial charge is 0.334 e. The van der Waals surface area contributed by atoms with Gasteiger partial charge in [-0.2, -0.15) is 5.26 Å². The van der Waals surface area contributed by atoms with E-state index < -0.39 is 29.3 Å². The quantitative estimate of drug-likeness (QED) is 0.560. The van der Waals surface area contributed by atoms with Crippen LogP contribution in [0.15, 0.2) is 0 Å². The van der Waals surface area contributed by atoms with Crippen molar-refractivity contribution in [2.24, 2.45) is 11.8 Å². The summed E-state index contributed by atoms with van der Waals surface area (Å²) in [6, 6.07) is 1.85. The minimum atomic E-state index is -1.75. The fourth-order valence-corrected chi connectivity index (χ4v) is 3.70. The van der Waals surface area contributed by atoms with Crippen LogP contribution in [-0.2, 0) is 19.1 Å². The number of methoxy groups -OCH3 is 1. The first-order chi connectivity index (χ1) is 11.0. The van der Waals surface area contributed by atoms with E-state index in [0.717, 1.165) is 25.7 Å². The van der Waals surface area contributed by atoms with Gasteiger partial charge in [-0.05, 0) is 25.1 Å². The molecular weight excluding hydrogens is 318 g/mol. The SMILES string of the molecule is COC(=O)[C@]1([C@@H]2CCCCCCC2=O)NC(=S)NC(=O)[C@H]1C#N. The third-order valence-electron chi connectivity index (χ3n) is 4.53. The second kappa shape index (κ2) is 7.04. The first-order valence-corrected chi connectivity index (χ1v) is 8.02. The van der Waals surface area contributed by atoms with E-state index >= 15 is 0 Å². The molecule has 3 atom stereocenters. The molecule has 0 aromatic carbocycles. The van der Waals surface area contributed by atoms with Gasteiger partial charge in [0.25, 0.3) is 0 Å².